The van der Waals surface area contributed by atoms with Crippen molar-refractivity contribution >= 4 is 66.3 Å². The van der Waals surface area contributed by atoms with Gasteiger partial charge < -0.3 is 20.4 Å². The molecule has 9 rings (SSSR count). The van der Waals surface area contributed by atoms with Gasteiger partial charge >= 0.3 is 0 Å². The molecule has 0 atom stereocenters. The minimum Gasteiger partial charge on any atom is -0.366 e. The summed E-state index contributed by atoms with van der Waals surface area (Å²) in [6.45, 7) is 15.2. The van der Waals surface area contributed by atoms with Crippen molar-refractivity contribution < 1.29 is 9.59 Å². The number of nitrogens with one attached hydrogen (secondary N) is 2. The molecule has 2 aliphatic heterocycles. The molecular formula is C39H42N10O2S2. The fourth-order valence-electron chi connectivity index (χ4n) is 6.76. The topological polar surface area (TPSA) is 142 Å². The van der Waals surface area contributed by atoms with Crippen LogP contribution in [0.25, 0.3) is 20.4 Å². The van der Waals surface area contributed by atoms with Crippen LogP contribution in [0.3, 0.4) is 0 Å². The molecule has 272 valence electrons. The molecule has 0 unspecified atom stereocenters. The highest BCUT2D eigenvalue weighted by atomic mass is 32.1. The predicted octanol–water partition coefficient (Wildman–Crippen LogP) is 6.14. The summed E-state index contributed by atoms with van der Waals surface area (Å²) in [5.41, 5.74) is 9.52. The van der Waals surface area contributed by atoms with Crippen LogP contribution in [-0.2, 0) is 0 Å². The van der Waals surface area contributed by atoms with Gasteiger partial charge in [0.1, 0.15) is 9.66 Å². The van der Waals surface area contributed by atoms with E-state index in [2.05, 4.69) is 69.9 Å². The summed E-state index contributed by atoms with van der Waals surface area (Å²) in [5, 5.41) is 25.4. The molecule has 53 heavy (non-hydrogen) atoms. The van der Waals surface area contributed by atoms with E-state index in [0.717, 1.165) is 110 Å². The van der Waals surface area contributed by atoms with Crippen molar-refractivity contribution in [1.29, 1.82) is 0 Å². The van der Waals surface area contributed by atoms with Crippen LogP contribution in [0.15, 0.2) is 42.7 Å². The van der Waals surface area contributed by atoms with Crippen LogP contribution in [0.1, 0.15) is 77.6 Å². The molecule has 0 radical (unpaired) electrons. The van der Waals surface area contributed by atoms with Crippen molar-refractivity contribution in [3.8, 4) is 0 Å². The second kappa shape index (κ2) is 14.0. The Bertz CT molecular complexity index is 2340. The SMILES string of the molecule is Cc1ccc(N2CC(NC(=O)c3cc4c(C)c(C)nnc4s3)C2)cn1.Cc1ccc(N2CC(NC(=O)c3sc4nnc(C)c(C)c4c3C3CC3)C2)cn1. The minimum absolute atomic E-state index is 0.0354. The number of rotatable bonds is 7. The van der Waals surface area contributed by atoms with Crippen LogP contribution in [-0.4, -0.2) is 80.4 Å². The lowest BCUT2D eigenvalue weighted by Crippen LogP contribution is -2.59. The summed E-state index contributed by atoms with van der Waals surface area (Å²) < 4.78 is 0. The summed E-state index contributed by atoms with van der Waals surface area (Å²) in [6.07, 6.45) is 6.09. The van der Waals surface area contributed by atoms with Gasteiger partial charge in [-0.3, -0.25) is 19.6 Å². The van der Waals surface area contributed by atoms with E-state index in [-0.39, 0.29) is 23.9 Å². The first kappa shape index (κ1) is 35.0. The Morgan fingerprint density at radius 1 is 0.679 bits per heavy atom. The van der Waals surface area contributed by atoms with E-state index in [9.17, 15) is 9.59 Å². The normalized spacial score (nSPS) is 15.9. The molecule has 6 aromatic rings. The van der Waals surface area contributed by atoms with Gasteiger partial charge in [-0.1, -0.05) is 0 Å². The molecule has 0 aromatic carbocycles. The first-order valence-electron chi connectivity index (χ1n) is 18.0. The highest BCUT2D eigenvalue weighted by Crippen LogP contribution is 2.48. The molecule has 6 aromatic heterocycles. The molecule has 2 amide bonds. The van der Waals surface area contributed by atoms with Gasteiger partial charge in [0.25, 0.3) is 11.8 Å². The highest BCUT2D eigenvalue weighted by molar-refractivity contribution is 7.21. The van der Waals surface area contributed by atoms with Gasteiger partial charge in [-0.05, 0) is 107 Å². The molecule has 2 saturated heterocycles. The standard InChI is InChI=1S/C21H23N5OS.C18H19N5OS/c1-11-4-7-16(8-22-11)26-9-15(10-26)23-20(27)19-18(14-5-6-14)17-12(2)13(3)24-25-21(17)28-19;1-10-4-5-14(7-19-10)23-8-13(9-23)20-17(24)16-6-15-11(2)12(3)21-22-18(15)25-16/h4,7-8,14-15H,5-6,9-10H2,1-3H3,(H,23,27);4-7,13H,8-9H2,1-3H3,(H,20,24). The number of pyridine rings is 2. The summed E-state index contributed by atoms with van der Waals surface area (Å²) in [4.78, 5) is 41.9. The van der Waals surface area contributed by atoms with E-state index >= 15 is 0 Å². The van der Waals surface area contributed by atoms with Crippen molar-refractivity contribution in [1.82, 2.24) is 41.0 Å². The molecule has 1 saturated carbocycles. The Hall–Kier alpha value is -5.08. The first-order chi connectivity index (χ1) is 25.5. The molecule has 1 aliphatic carbocycles. The lowest BCUT2D eigenvalue weighted by molar-refractivity contribution is 0.0925. The Balaban J connectivity index is 0.000000152. The number of hydrogen-bond acceptors (Lipinski definition) is 12. The second-order valence-corrected chi connectivity index (χ2v) is 16.4. The number of anilines is 2. The summed E-state index contributed by atoms with van der Waals surface area (Å²) in [7, 11) is 0. The summed E-state index contributed by atoms with van der Waals surface area (Å²) >= 11 is 2.88. The van der Waals surface area contributed by atoms with Gasteiger partial charge in [0, 0.05) is 48.3 Å². The van der Waals surface area contributed by atoms with E-state index in [1.165, 1.54) is 28.2 Å². The van der Waals surface area contributed by atoms with Crippen LogP contribution in [0.2, 0.25) is 0 Å². The maximum Gasteiger partial charge on any atom is 0.262 e. The maximum atomic E-state index is 13.1. The third kappa shape index (κ3) is 7.05. The average Bonchev–Trinajstić information content (AvgIpc) is 3.73. The second-order valence-electron chi connectivity index (χ2n) is 14.4. The van der Waals surface area contributed by atoms with E-state index < -0.39 is 0 Å². The third-order valence-electron chi connectivity index (χ3n) is 10.5. The maximum absolute atomic E-state index is 13.1. The number of thiophene rings is 2. The number of aryl methyl sites for hydroxylation is 6. The molecule has 3 aliphatic rings. The lowest BCUT2D eigenvalue weighted by Gasteiger charge is -2.41. The van der Waals surface area contributed by atoms with E-state index in [4.69, 9.17) is 0 Å². The van der Waals surface area contributed by atoms with E-state index in [1.54, 1.807) is 0 Å². The van der Waals surface area contributed by atoms with Crippen LogP contribution >= 0.6 is 22.7 Å². The quantitative estimate of drug-likeness (QED) is 0.196. The fourth-order valence-corrected chi connectivity index (χ4v) is 8.87. The molecule has 12 nitrogen and oxygen atoms in total. The Labute approximate surface area is 316 Å². The molecular weight excluding hydrogens is 705 g/mol. The highest BCUT2D eigenvalue weighted by Gasteiger charge is 2.36. The predicted molar refractivity (Wildman–Crippen MR) is 211 cm³/mol. The number of aromatic nitrogens is 6. The minimum atomic E-state index is -0.0354. The van der Waals surface area contributed by atoms with Crippen LogP contribution in [0.5, 0.6) is 0 Å². The van der Waals surface area contributed by atoms with Crippen molar-refractivity contribution in [2.45, 2.75) is 72.4 Å². The number of carbonyl (C=O) groups excluding carboxylic acids is 2. The number of nitrogens with zero attached hydrogens (tertiary/aromatic N) is 8. The molecule has 2 N–H and O–H groups in total. The molecule has 0 bridgehead atoms. The fraction of sp³-hybridized carbons (Fsp3) is 0.385. The van der Waals surface area contributed by atoms with Crippen molar-refractivity contribution in [2.75, 3.05) is 36.0 Å². The largest absolute Gasteiger partial charge is 0.366 e. The smallest absolute Gasteiger partial charge is 0.262 e. The van der Waals surface area contributed by atoms with E-state index in [1.807, 2.05) is 65.2 Å². The molecule has 14 heteroatoms. The first-order valence-corrected chi connectivity index (χ1v) is 19.6. The zero-order valence-electron chi connectivity index (χ0n) is 30.7. The molecule has 8 heterocycles. The van der Waals surface area contributed by atoms with Crippen LogP contribution in [0.4, 0.5) is 11.4 Å². The van der Waals surface area contributed by atoms with Gasteiger partial charge in [-0.2, -0.15) is 10.2 Å². The Morgan fingerprint density at radius 2 is 1.23 bits per heavy atom. The van der Waals surface area contributed by atoms with Crippen molar-refractivity contribution in [3.05, 3.63) is 91.9 Å². The number of carbonyl (C=O) groups is 2. The number of fused-ring (bicyclic) bond motifs is 2. The molecule has 3 fully saturated rings. The van der Waals surface area contributed by atoms with Crippen molar-refractivity contribution in [2.24, 2.45) is 0 Å². The van der Waals surface area contributed by atoms with Crippen LogP contribution < -0.4 is 20.4 Å². The van der Waals surface area contributed by atoms with Crippen LogP contribution in [0, 0.1) is 41.5 Å². The third-order valence-corrected chi connectivity index (χ3v) is 12.6. The zero-order chi connectivity index (χ0) is 37.0. The number of hydrogen-bond donors (Lipinski definition) is 2. The Morgan fingerprint density at radius 3 is 1.77 bits per heavy atom. The molecule has 0 spiro atoms. The summed E-state index contributed by atoms with van der Waals surface area (Å²) in [6, 6.07) is 10.4. The average molecular weight is 747 g/mol. The Kier molecular flexibility index (Phi) is 9.27. The number of amides is 2. The zero-order valence-corrected chi connectivity index (χ0v) is 32.4. The van der Waals surface area contributed by atoms with Gasteiger partial charge in [-0.25, -0.2) is 0 Å². The van der Waals surface area contributed by atoms with Gasteiger partial charge in [0.05, 0.1) is 57.0 Å². The van der Waals surface area contributed by atoms with Gasteiger partial charge in [-0.15, -0.1) is 32.9 Å². The van der Waals surface area contributed by atoms with E-state index in [0.29, 0.717) is 10.8 Å². The van der Waals surface area contributed by atoms with Crippen molar-refractivity contribution in [3.63, 3.8) is 0 Å². The van der Waals surface area contributed by atoms with Gasteiger partial charge in [0.2, 0.25) is 0 Å². The van der Waals surface area contributed by atoms with Gasteiger partial charge in [0.15, 0.2) is 0 Å². The monoisotopic (exact) mass is 746 g/mol. The summed E-state index contributed by atoms with van der Waals surface area (Å²) in [5.74, 6) is 0.494. The lowest BCUT2D eigenvalue weighted by atomic mass is 10.0.